The van der Waals surface area contributed by atoms with Gasteiger partial charge in [-0.15, -0.1) is 11.8 Å². The fourth-order valence-corrected chi connectivity index (χ4v) is 4.40. The molecule has 2 aromatic carbocycles. The minimum Gasteiger partial charge on any atom is -0.308 e. The van der Waals surface area contributed by atoms with Crippen molar-refractivity contribution in [1.82, 2.24) is 14.8 Å². The summed E-state index contributed by atoms with van der Waals surface area (Å²) in [6, 6.07) is 28.3. The van der Waals surface area contributed by atoms with Gasteiger partial charge < -0.3 is 5.32 Å². The van der Waals surface area contributed by atoms with Crippen LogP contribution in [0.15, 0.2) is 97.3 Å². The van der Waals surface area contributed by atoms with Crippen molar-refractivity contribution in [2.24, 2.45) is 0 Å². The molecule has 0 aliphatic heterocycles. The summed E-state index contributed by atoms with van der Waals surface area (Å²) in [5.74, 6) is 0.856. The first-order valence-electron chi connectivity index (χ1n) is 10.2. The van der Waals surface area contributed by atoms with Crippen molar-refractivity contribution in [3.05, 3.63) is 114 Å². The maximum absolute atomic E-state index is 12.6. The second-order valence-electron chi connectivity index (χ2n) is 7.10. The predicted molar refractivity (Wildman–Crippen MR) is 126 cm³/mol. The third-order valence-corrected chi connectivity index (χ3v) is 6.12. The number of nitrogens with zero attached hydrogens (tertiary/aromatic N) is 3. The Labute approximate surface area is 186 Å². The van der Waals surface area contributed by atoms with Gasteiger partial charge in [-0.2, -0.15) is 5.10 Å². The number of amides is 1. The molecule has 2 heterocycles. The van der Waals surface area contributed by atoms with Crippen LogP contribution in [0.25, 0.3) is 0 Å². The van der Waals surface area contributed by atoms with Crippen LogP contribution in [0.1, 0.15) is 22.1 Å². The van der Waals surface area contributed by atoms with E-state index in [0.29, 0.717) is 18.1 Å². The molecule has 4 aromatic rings. The molecule has 0 aliphatic carbocycles. The Morgan fingerprint density at radius 1 is 0.903 bits per heavy atom. The Balaban J connectivity index is 1.33. The van der Waals surface area contributed by atoms with Gasteiger partial charge in [0, 0.05) is 37.1 Å². The van der Waals surface area contributed by atoms with Gasteiger partial charge in [0.1, 0.15) is 0 Å². The number of aromatic nitrogens is 3. The highest BCUT2D eigenvalue weighted by Gasteiger charge is 2.16. The molecule has 0 bridgehead atoms. The molecule has 0 fully saturated rings. The molecule has 0 saturated carbocycles. The number of hydrogen-bond donors (Lipinski definition) is 1. The first kappa shape index (κ1) is 20.9. The van der Waals surface area contributed by atoms with E-state index in [0.717, 1.165) is 12.1 Å². The van der Waals surface area contributed by atoms with Crippen molar-refractivity contribution >= 4 is 23.5 Å². The van der Waals surface area contributed by atoms with E-state index >= 15 is 0 Å². The number of carbonyl (C=O) groups is 1. The second kappa shape index (κ2) is 10.6. The number of pyridine rings is 1. The lowest BCUT2D eigenvalue weighted by Gasteiger charge is -2.17. The van der Waals surface area contributed by atoms with E-state index < -0.39 is 0 Å². The molecule has 4 rings (SSSR count). The fourth-order valence-electron chi connectivity index (χ4n) is 3.31. The van der Waals surface area contributed by atoms with Crippen molar-refractivity contribution in [2.75, 3.05) is 11.1 Å². The van der Waals surface area contributed by atoms with Gasteiger partial charge in [-0.3, -0.25) is 14.5 Å². The third-order valence-electron chi connectivity index (χ3n) is 4.82. The van der Waals surface area contributed by atoms with Gasteiger partial charge in [0.15, 0.2) is 5.82 Å². The number of benzene rings is 2. The average Bonchev–Trinajstić information content (AvgIpc) is 3.27. The summed E-state index contributed by atoms with van der Waals surface area (Å²) >= 11 is 1.61. The Bertz CT molecular complexity index is 1040. The maximum Gasteiger partial charge on any atom is 0.235 e. The highest BCUT2D eigenvalue weighted by Crippen LogP contribution is 2.35. The maximum atomic E-state index is 12.6. The number of hydrogen-bond acceptors (Lipinski definition) is 4. The van der Waals surface area contributed by atoms with Crippen molar-refractivity contribution in [3.8, 4) is 0 Å². The molecule has 1 N–H and O–H groups in total. The molecule has 5 nitrogen and oxygen atoms in total. The van der Waals surface area contributed by atoms with Crippen molar-refractivity contribution in [3.63, 3.8) is 0 Å². The van der Waals surface area contributed by atoms with Crippen LogP contribution in [0, 0.1) is 0 Å². The fraction of sp³-hybridized carbons (Fsp3) is 0.160. The van der Waals surface area contributed by atoms with E-state index in [4.69, 9.17) is 0 Å². The Morgan fingerprint density at radius 2 is 1.58 bits per heavy atom. The number of thioether (sulfide) groups is 1. The monoisotopic (exact) mass is 428 g/mol. The van der Waals surface area contributed by atoms with E-state index in [2.05, 4.69) is 39.7 Å². The van der Waals surface area contributed by atoms with Crippen LogP contribution in [-0.2, 0) is 17.8 Å². The lowest BCUT2D eigenvalue weighted by atomic mass is 10.0. The first-order chi connectivity index (χ1) is 15.3. The summed E-state index contributed by atoms with van der Waals surface area (Å²) in [6.45, 7) is 0.714. The third kappa shape index (κ3) is 6.06. The quantitative estimate of drug-likeness (QED) is 0.408. The lowest BCUT2D eigenvalue weighted by molar-refractivity contribution is -0.113. The molecule has 1 amide bonds. The molecule has 6 heteroatoms. The van der Waals surface area contributed by atoms with Gasteiger partial charge in [0.05, 0.1) is 11.0 Å². The smallest absolute Gasteiger partial charge is 0.235 e. The molecule has 0 spiro atoms. The van der Waals surface area contributed by atoms with E-state index in [9.17, 15) is 4.79 Å². The molecular weight excluding hydrogens is 404 g/mol. The van der Waals surface area contributed by atoms with Gasteiger partial charge >= 0.3 is 0 Å². The summed E-state index contributed by atoms with van der Waals surface area (Å²) in [6.07, 6.45) is 4.46. The van der Waals surface area contributed by atoms with Crippen molar-refractivity contribution in [1.29, 1.82) is 0 Å². The molecule has 0 aliphatic rings. The highest BCUT2D eigenvalue weighted by atomic mass is 32.2. The minimum atomic E-state index is -0.0585. The topological polar surface area (TPSA) is 59.8 Å². The largest absolute Gasteiger partial charge is 0.308 e. The van der Waals surface area contributed by atoms with E-state index in [1.807, 2.05) is 71.5 Å². The van der Waals surface area contributed by atoms with Crippen LogP contribution in [-0.4, -0.2) is 26.4 Å². The number of rotatable bonds is 9. The van der Waals surface area contributed by atoms with Gasteiger partial charge in [-0.1, -0.05) is 66.7 Å². The predicted octanol–water partition coefficient (Wildman–Crippen LogP) is 4.98. The lowest BCUT2D eigenvalue weighted by Crippen LogP contribution is -2.16. The molecule has 0 unspecified atom stereocenters. The normalized spacial score (nSPS) is 10.9. The number of nitrogens with one attached hydrogen (secondary N) is 1. The van der Waals surface area contributed by atoms with Crippen molar-refractivity contribution < 1.29 is 4.79 Å². The average molecular weight is 429 g/mol. The summed E-state index contributed by atoms with van der Waals surface area (Å²) in [5, 5.41) is 7.47. The first-order valence-corrected chi connectivity index (χ1v) is 11.3. The van der Waals surface area contributed by atoms with Crippen LogP contribution in [0.2, 0.25) is 0 Å². The Kier molecular flexibility index (Phi) is 7.13. The van der Waals surface area contributed by atoms with Crippen LogP contribution in [0.4, 0.5) is 5.82 Å². The molecule has 0 radical (unpaired) electrons. The summed E-state index contributed by atoms with van der Waals surface area (Å²) in [7, 11) is 0. The summed E-state index contributed by atoms with van der Waals surface area (Å²) < 4.78 is 1.83. The number of carbonyl (C=O) groups excluding carboxylic acids is 1. The summed E-state index contributed by atoms with van der Waals surface area (Å²) in [5.41, 5.74) is 3.39. The zero-order valence-corrected chi connectivity index (χ0v) is 17.9. The van der Waals surface area contributed by atoms with E-state index in [1.165, 1.54) is 11.1 Å². The molecule has 2 aromatic heterocycles. The van der Waals surface area contributed by atoms with Crippen molar-refractivity contribution in [2.45, 2.75) is 18.2 Å². The van der Waals surface area contributed by atoms with E-state index in [-0.39, 0.29) is 11.2 Å². The van der Waals surface area contributed by atoms with E-state index in [1.54, 1.807) is 18.0 Å². The molecule has 156 valence electrons. The molecule has 0 saturated heterocycles. The summed E-state index contributed by atoms with van der Waals surface area (Å²) in [4.78, 5) is 16.9. The molecular formula is C25H24N4OS. The minimum absolute atomic E-state index is 0.0585. The molecule has 31 heavy (non-hydrogen) atoms. The van der Waals surface area contributed by atoms with Crippen LogP contribution in [0.5, 0.6) is 0 Å². The standard InChI is InChI=1S/C25H24N4OS/c30-24(27-23-15-18-29(28-23)17-14-22-13-7-8-16-26-22)19-31-25(20-9-3-1-4-10-20)21-11-5-2-6-12-21/h1-13,15-16,18,25H,14,17,19H2,(H,27,28,30). The van der Waals surface area contributed by atoms with Crippen LogP contribution >= 0.6 is 11.8 Å². The number of anilines is 1. The van der Waals surface area contributed by atoms with Gasteiger partial charge in [0.25, 0.3) is 0 Å². The van der Waals surface area contributed by atoms with Gasteiger partial charge in [-0.25, -0.2) is 0 Å². The van der Waals surface area contributed by atoms with Gasteiger partial charge in [0.2, 0.25) is 5.91 Å². The Morgan fingerprint density at radius 3 is 2.23 bits per heavy atom. The second-order valence-corrected chi connectivity index (χ2v) is 8.19. The zero-order valence-electron chi connectivity index (χ0n) is 17.1. The highest BCUT2D eigenvalue weighted by molar-refractivity contribution is 8.00. The number of aryl methyl sites for hydroxylation is 2. The SMILES string of the molecule is O=C(CSC(c1ccccc1)c1ccccc1)Nc1ccn(CCc2ccccn2)n1. The van der Waals surface area contributed by atoms with Crippen LogP contribution in [0.3, 0.4) is 0 Å². The Hall–Kier alpha value is -3.38. The molecule has 0 atom stereocenters. The van der Waals surface area contributed by atoms with Crippen LogP contribution < -0.4 is 5.32 Å². The van der Waals surface area contributed by atoms with Gasteiger partial charge in [-0.05, 0) is 23.3 Å². The zero-order chi connectivity index (χ0) is 21.3.